The van der Waals surface area contributed by atoms with E-state index >= 15 is 0 Å². The number of esters is 2. The minimum atomic E-state index is -2.14. The monoisotopic (exact) mass is 1280 g/mol. The molecule has 0 spiro atoms. The zero-order valence-electron chi connectivity index (χ0n) is 52.5. The van der Waals surface area contributed by atoms with Crippen LogP contribution in [-0.4, -0.2) is 245 Å². The highest BCUT2D eigenvalue weighted by molar-refractivity contribution is 5.88. The van der Waals surface area contributed by atoms with Gasteiger partial charge < -0.3 is 118 Å². The number of hydrogen-bond acceptors (Lipinski definition) is 26. The van der Waals surface area contributed by atoms with E-state index in [1.54, 1.807) is 19.9 Å². The van der Waals surface area contributed by atoms with Gasteiger partial charge >= 0.3 is 17.9 Å². The van der Waals surface area contributed by atoms with Crippen LogP contribution in [0.4, 0.5) is 0 Å². The summed E-state index contributed by atoms with van der Waals surface area (Å²) in [5.41, 5.74) is -4.06. The molecule has 4 aliphatic heterocycles. The summed E-state index contributed by atoms with van der Waals surface area (Å²) in [6.45, 7) is 17.5. The fourth-order valence-corrected chi connectivity index (χ4v) is 17.7. The van der Waals surface area contributed by atoms with Gasteiger partial charge in [-0.05, 0) is 117 Å². The average Bonchev–Trinajstić information content (AvgIpc) is 0.675. The molecule has 10 rings (SSSR count). The number of allylic oxidation sites excluding steroid dienone is 3. The van der Waals surface area contributed by atoms with E-state index in [0.717, 1.165) is 5.57 Å². The lowest BCUT2D eigenvalue weighted by Crippen LogP contribution is -2.73. The van der Waals surface area contributed by atoms with Gasteiger partial charge in [-0.1, -0.05) is 66.2 Å². The van der Waals surface area contributed by atoms with Crippen molar-refractivity contribution >= 4 is 17.9 Å². The van der Waals surface area contributed by atoms with E-state index in [4.69, 9.17) is 51.8 Å². The largest absolute Gasteiger partial charge is 0.479 e. The van der Waals surface area contributed by atoms with Crippen molar-refractivity contribution in [1.29, 1.82) is 0 Å². The standard InChI is InChI=1S/C63H94O27/c1-11-26(2)52(78)90-50-49(89-53(79)31-13-12-20-80-31)58(4,5)21-29-28-14-15-34-60(8)18-17-36(59(6,7)33(60)16-19-61(34,9)62(28,10)22-35(66)63(29,50)25-82-55-43(73)40(70)37(67)27(3)83-55)85-57-48(88-56-44(74)41(71)39(69)32(23-64)84-56)46(45(75)47(87-57)51(76)77)86-54-42(72)38(68)30(65)24-81-54/h11-14,20,27,29-30,32-50,54-57,64-75H,15-19,21-25H2,1-10H3,(H,76,77). The molecule has 30 atom stereocenters. The third kappa shape index (κ3) is 11.4. The summed E-state index contributed by atoms with van der Waals surface area (Å²) in [5.74, 6) is -4.24. The van der Waals surface area contributed by atoms with E-state index < -0.39 is 217 Å². The fraction of sp³-hybridized carbons (Fsp3) is 0.825. The van der Waals surface area contributed by atoms with Crippen molar-refractivity contribution in [2.75, 3.05) is 19.8 Å². The maximum Gasteiger partial charge on any atom is 0.374 e. The SMILES string of the molecule is CC=C(C)C(=O)OC1C(OC(=O)c2ccco2)C(C)(C)CC2C3=CCC4C5(C)CCC(OC6OC(C(=O)O)C(O)C(OC7OCC(O)C(O)C7O)C6OC6OC(CO)C(O)C(O)C6O)C(C)(C)C5CCC4(C)C3(C)CC(O)C21COC1OC(C)C(O)C(O)C1O. The molecule has 27 heteroatoms. The Hall–Kier alpha value is -3.63. The van der Waals surface area contributed by atoms with Crippen LogP contribution in [0.1, 0.15) is 125 Å². The number of ether oxygens (including phenoxy) is 10. The van der Waals surface area contributed by atoms with Gasteiger partial charge in [0.2, 0.25) is 5.76 Å². The van der Waals surface area contributed by atoms with Crippen molar-refractivity contribution in [2.45, 2.75) is 255 Å². The van der Waals surface area contributed by atoms with Gasteiger partial charge in [-0.2, -0.15) is 0 Å². The van der Waals surface area contributed by atoms with Gasteiger partial charge in [-0.25, -0.2) is 14.4 Å². The zero-order valence-corrected chi connectivity index (χ0v) is 52.5. The molecule has 5 aliphatic carbocycles. The number of carboxylic acids is 1. The summed E-state index contributed by atoms with van der Waals surface area (Å²) < 4.78 is 67.6. The van der Waals surface area contributed by atoms with Crippen molar-refractivity contribution < 1.29 is 133 Å². The molecular formula is C63H94O27. The minimum Gasteiger partial charge on any atom is -0.479 e. The van der Waals surface area contributed by atoms with Crippen LogP contribution >= 0.6 is 0 Å². The first-order valence-corrected chi connectivity index (χ1v) is 31.4. The van der Waals surface area contributed by atoms with Crippen LogP contribution in [-0.2, 0) is 57.0 Å². The Balaban J connectivity index is 0.998. The Kier molecular flexibility index (Phi) is 19.6. The van der Waals surface area contributed by atoms with Gasteiger partial charge in [-0.3, -0.25) is 0 Å². The number of carboxylic acid groups (broad SMARTS) is 1. The van der Waals surface area contributed by atoms with Crippen molar-refractivity contribution in [3.05, 3.63) is 47.5 Å². The van der Waals surface area contributed by atoms with E-state index in [0.29, 0.717) is 32.1 Å². The second-order valence-electron chi connectivity index (χ2n) is 28.9. The molecule has 0 amide bonds. The first-order valence-electron chi connectivity index (χ1n) is 31.4. The lowest BCUT2D eigenvalue weighted by Gasteiger charge is -2.72. The summed E-state index contributed by atoms with van der Waals surface area (Å²) in [5, 5.41) is 144. The summed E-state index contributed by atoms with van der Waals surface area (Å²) >= 11 is 0. The van der Waals surface area contributed by atoms with Crippen LogP contribution in [0.5, 0.6) is 0 Å². The van der Waals surface area contributed by atoms with Gasteiger partial charge in [-0.15, -0.1) is 0 Å². The van der Waals surface area contributed by atoms with Gasteiger partial charge in [0.1, 0.15) is 85.5 Å². The predicted molar refractivity (Wildman–Crippen MR) is 305 cm³/mol. The highest BCUT2D eigenvalue weighted by atomic mass is 16.8. The summed E-state index contributed by atoms with van der Waals surface area (Å²) in [4.78, 5) is 41.4. The molecule has 27 nitrogen and oxygen atoms in total. The van der Waals surface area contributed by atoms with E-state index in [1.807, 2.05) is 27.7 Å². The first kappa shape index (κ1) is 69.2. The molecule has 1 aromatic rings. The fourth-order valence-electron chi connectivity index (χ4n) is 17.7. The second kappa shape index (κ2) is 25.5. The number of hydrogen-bond donors (Lipinski definition) is 13. The number of carbonyl (C=O) groups is 3. The molecule has 30 unspecified atom stereocenters. The highest BCUT2D eigenvalue weighted by Crippen LogP contribution is 2.76. The molecule has 9 aliphatic rings. The van der Waals surface area contributed by atoms with E-state index in [-0.39, 0.29) is 36.0 Å². The minimum absolute atomic E-state index is 0.0771. The Morgan fingerprint density at radius 2 is 1.37 bits per heavy atom. The van der Waals surface area contributed by atoms with Crippen molar-refractivity contribution in [1.82, 2.24) is 0 Å². The topological polar surface area (TPSA) is 420 Å². The molecule has 90 heavy (non-hydrogen) atoms. The van der Waals surface area contributed by atoms with Gasteiger partial charge in [0.25, 0.3) is 0 Å². The highest BCUT2D eigenvalue weighted by Gasteiger charge is 2.74. The smallest absolute Gasteiger partial charge is 0.374 e. The van der Waals surface area contributed by atoms with Gasteiger partial charge in [0.05, 0.1) is 49.8 Å². The maximum atomic E-state index is 14.3. The molecular weight excluding hydrogens is 1190 g/mol. The Bertz CT molecular complexity index is 2790. The molecule has 0 radical (unpaired) electrons. The lowest BCUT2D eigenvalue weighted by molar-refractivity contribution is -0.392. The Morgan fingerprint density at radius 1 is 0.700 bits per heavy atom. The Morgan fingerprint density at radius 3 is 2.02 bits per heavy atom. The molecule has 5 heterocycles. The third-order valence-electron chi connectivity index (χ3n) is 23.2. The second-order valence-corrected chi connectivity index (χ2v) is 28.9. The molecule has 508 valence electrons. The first-order chi connectivity index (χ1) is 42.1. The third-order valence-corrected chi connectivity index (χ3v) is 23.2. The summed E-state index contributed by atoms with van der Waals surface area (Å²) in [6.07, 6.45) is -30.1. The average molecular weight is 1280 g/mol. The summed E-state index contributed by atoms with van der Waals surface area (Å²) in [7, 11) is 0. The van der Waals surface area contributed by atoms with Gasteiger partial charge in [0, 0.05) is 11.0 Å². The molecule has 4 saturated carbocycles. The number of carbonyl (C=O) groups excluding carboxylic acids is 2. The Labute approximate surface area is 521 Å². The molecule has 4 saturated heterocycles. The molecule has 1 aromatic heterocycles. The molecule has 8 fully saturated rings. The summed E-state index contributed by atoms with van der Waals surface area (Å²) in [6, 6.07) is 2.97. The number of aliphatic hydroxyl groups is 12. The number of aliphatic hydroxyl groups excluding tert-OH is 12. The molecule has 13 N–H and O–H groups in total. The van der Waals surface area contributed by atoms with E-state index in [2.05, 4.69) is 26.8 Å². The van der Waals surface area contributed by atoms with Crippen LogP contribution in [0.15, 0.2) is 46.1 Å². The van der Waals surface area contributed by atoms with Crippen LogP contribution in [0.2, 0.25) is 0 Å². The van der Waals surface area contributed by atoms with Crippen molar-refractivity contribution in [3.8, 4) is 0 Å². The predicted octanol–water partition coefficient (Wildman–Crippen LogP) is 0.0843. The van der Waals surface area contributed by atoms with Crippen LogP contribution in [0.3, 0.4) is 0 Å². The normalized spacial score (nSPS) is 49.2. The number of furan rings is 1. The molecule has 0 aromatic carbocycles. The van der Waals surface area contributed by atoms with E-state index in [1.165, 1.54) is 25.3 Å². The van der Waals surface area contributed by atoms with Crippen LogP contribution in [0.25, 0.3) is 0 Å². The van der Waals surface area contributed by atoms with Crippen molar-refractivity contribution in [3.63, 3.8) is 0 Å². The van der Waals surface area contributed by atoms with E-state index in [9.17, 15) is 80.8 Å². The van der Waals surface area contributed by atoms with Crippen molar-refractivity contribution in [2.24, 2.45) is 50.2 Å². The van der Waals surface area contributed by atoms with Crippen LogP contribution < -0.4 is 0 Å². The number of aliphatic carboxylic acids is 1. The lowest BCUT2D eigenvalue weighted by atomic mass is 9.33. The van der Waals surface area contributed by atoms with Gasteiger partial charge in [0.15, 0.2) is 37.4 Å². The quantitative estimate of drug-likeness (QED) is 0.0479. The molecule has 0 bridgehead atoms. The number of fused-ring (bicyclic) bond motifs is 7. The maximum absolute atomic E-state index is 14.3. The van der Waals surface area contributed by atoms with Crippen LogP contribution in [0, 0.1) is 50.2 Å². The number of rotatable bonds is 15. The zero-order chi connectivity index (χ0) is 65.9.